The molecular weight excluding hydrogens is 244 g/mol. The Morgan fingerprint density at radius 1 is 1.42 bits per heavy atom. The van der Waals surface area contributed by atoms with Gasteiger partial charge in [0.25, 0.3) is 0 Å². The smallest absolute Gasteiger partial charge is 0.237 e. The van der Waals surface area contributed by atoms with Crippen molar-refractivity contribution >= 4 is 5.91 Å². The maximum Gasteiger partial charge on any atom is 0.237 e. The van der Waals surface area contributed by atoms with Crippen LogP contribution in [-0.4, -0.2) is 27.0 Å². The number of phenolic OH excluding ortho intramolecular Hbond substituents is 1. The van der Waals surface area contributed by atoms with E-state index in [1.807, 2.05) is 0 Å². The minimum Gasteiger partial charge on any atom is -0.508 e. The van der Waals surface area contributed by atoms with Crippen LogP contribution in [0.25, 0.3) is 0 Å². The first-order valence-electron chi connectivity index (χ1n) is 5.94. The van der Waals surface area contributed by atoms with Crippen LogP contribution in [0.5, 0.6) is 5.75 Å². The third-order valence-electron chi connectivity index (χ3n) is 2.71. The number of rotatable bonds is 5. The molecule has 0 spiro atoms. The lowest BCUT2D eigenvalue weighted by atomic mass is 10.1. The summed E-state index contributed by atoms with van der Waals surface area (Å²) >= 11 is 0. The first-order valence-corrected chi connectivity index (χ1v) is 5.94. The lowest BCUT2D eigenvalue weighted by molar-refractivity contribution is -0.122. The van der Waals surface area contributed by atoms with E-state index in [-0.39, 0.29) is 11.7 Å². The van der Waals surface area contributed by atoms with Crippen molar-refractivity contribution in [3.8, 4) is 5.75 Å². The van der Waals surface area contributed by atoms with Gasteiger partial charge in [-0.05, 0) is 24.1 Å². The zero-order valence-electron chi connectivity index (χ0n) is 10.3. The fourth-order valence-electron chi connectivity index (χ4n) is 1.68. The number of phenols is 1. The number of nitrogens with two attached hydrogens (primary N) is 1. The normalized spacial score (nSPS) is 12.1. The minimum absolute atomic E-state index is 0.194. The van der Waals surface area contributed by atoms with E-state index in [9.17, 15) is 4.79 Å². The number of aromatic amines is 1. The van der Waals surface area contributed by atoms with Crippen LogP contribution < -0.4 is 11.1 Å². The predicted molar refractivity (Wildman–Crippen MR) is 70.2 cm³/mol. The number of aromatic hydroxyl groups is 1. The highest BCUT2D eigenvalue weighted by molar-refractivity contribution is 5.81. The highest BCUT2D eigenvalue weighted by Crippen LogP contribution is 2.10. The number of benzene rings is 1. The summed E-state index contributed by atoms with van der Waals surface area (Å²) in [5.74, 6) is 0.647. The molecule has 2 rings (SSSR count). The van der Waals surface area contributed by atoms with Gasteiger partial charge in [-0.1, -0.05) is 12.1 Å². The van der Waals surface area contributed by atoms with Crippen LogP contribution in [-0.2, 0) is 17.8 Å². The number of carbonyl (C=O) groups is 1. The molecule has 0 saturated heterocycles. The van der Waals surface area contributed by atoms with Crippen molar-refractivity contribution in [2.24, 2.45) is 5.73 Å². The molecule has 19 heavy (non-hydrogen) atoms. The molecule has 6 heteroatoms. The third kappa shape index (κ3) is 3.82. The average Bonchev–Trinajstić information content (AvgIpc) is 2.91. The first kappa shape index (κ1) is 13.1. The van der Waals surface area contributed by atoms with Crippen LogP contribution in [0.4, 0.5) is 0 Å². The molecule has 0 aliphatic heterocycles. The van der Waals surface area contributed by atoms with Crippen LogP contribution in [0, 0.1) is 0 Å². The quantitative estimate of drug-likeness (QED) is 0.620. The molecule has 0 saturated carbocycles. The number of amides is 1. The lowest BCUT2D eigenvalue weighted by Gasteiger charge is -2.11. The Morgan fingerprint density at radius 2 is 2.16 bits per heavy atom. The second-order valence-electron chi connectivity index (χ2n) is 4.23. The van der Waals surface area contributed by atoms with E-state index in [4.69, 9.17) is 10.8 Å². The summed E-state index contributed by atoms with van der Waals surface area (Å²) in [6.45, 7) is 0.328. The Hall–Kier alpha value is -2.34. The van der Waals surface area contributed by atoms with E-state index in [1.165, 1.54) is 0 Å². The second-order valence-corrected chi connectivity index (χ2v) is 4.23. The largest absolute Gasteiger partial charge is 0.508 e. The number of imidazole rings is 1. The molecule has 1 aromatic heterocycles. The average molecular weight is 260 g/mol. The number of nitrogens with zero attached hydrogens (tertiary/aromatic N) is 1. The molecule has 5 N–H and O–H groups in total. The second kappa shape index (κ2) is 6.01. The summed E-state index contributed by atoms with van der Waals surface area (Å²) in [6.07, 6.45) is 3.74. The van der Waals surface area contributed by atoms with Crippen LogP contribution in [0.3, 0.4) is 0 Å². The summed E-state index contributed by atoms with van der Waals surface area (Å²) in [4.78, 5) is 18.7. The third-order valence-corrected chi connectivity index (χ3v) is 2.71. The molecule has 0 bridgehead atoms. The van der Waals surface area contributed by atoms with Crippen molar-refractivity contribution in [1.29, 1.82) is 0 Å². The fraction of sp³-hybridized carbons (Fsp3) is 0.231. The molecular formula is C13H16N4O2. The lowest BCUT2D eigenvalue weighted by Crippen LogP contribution is -2.41. The number of carbonyl (C=O) groups excluding carboxylic acids is 1. The van der Waals surface area contributed by atoms with Crippen molar-refractivity contribution in [1.82, 2.24) is 15.3 Å². The molecule has 1 heterocycles. The molecule has 0 aliphatic rings. The van der Waals surface area contributed by atoms with Gasteiger partial charge in [-0.25, -0.2) is 4.98 Å². The molecule has 2 aromatic rings. The van der Waals surface area contributed by atoms with Gasteiger partial charge in [0.1, 0.15) is 11.6 Å². The number of nitrogens with one attached hydrogen (secondary N) is 2. The van der Waals surface area contributed by atoms with E-state index in [0.29, 0.717) is 18.8 Å². The Balaban J connectivity index is 1.83. The van der Waals surface area contributed by atoms with E-state index in [2.05, 4.69) is 15.3 Å². The van der Waals surface area contributed by atoms with Gasteiger partial charge in [-0.2, -0.15) is 0 Å². The van der Waals surface area contributed by atoms with Gasteiger partial charge in [-0.3, -0.25) is 4.79 Å². The van der Waals surface area contributed by atoms with E-state index in [1.54, 1.807) is 36.7 Å². The van der Waals surface area contributed by atoms with Crippen LogP contribution >= 0.6 is 0 Å². The standard InChI is InChI=1S/C13H16N4O2/c14-11(7-9-1-3-10(18)4-2-9)13(19)17-8-12-15-5-6-16-12/h1-6,11,18H,7-8,14H2,(H,15,16)(H,17,19)/t11-/m1/s1. The SMILES string of the molecule is N[C@H](Cc1ccc(O)cc1)C(=O)NCc1ncc[nH]1. The molecule has 0 radical (unpaired) electrons. The summed E-state index contributed by atoms with van der Waals surface area (Å²) in [5.41, 5.74) is 6.72. The summed E-state index contributed by atoms with van der Waals surface area (Å²) < 4.78 is 0. The number of H-pyrrole nitrogens is 1. The van der Waals surface area contributed by atoms with Crippen LogP contribution in [0.2, 0.25) is 0 Å². The van der Waals surface area contributed by atoms with Gasteiger partial charge < -0.3 is 21.1 Å². The molecule has 1 atom stereocenters. The number of aromatic nitrogens is 2. The summed E-state index contributed by atoms with van der Waals surface area (Å²) in [6, 6.07) is 6.01. The van der Waals surface area contributed by atoms with Gasteiger partial charge in [0, 0.05) is 12.4 Å². The molecule has 0 aliphatic carbocycles. The summed E-state index contributed by atoms with van der Waals surface area (Å²) in [5, 5.41) is 11.9. The molecule has 0 fully saturated rings. The van der Waals surface area contributed by atoms with Gasteiger partial charge >= 0.3 is 0 Å². The molecule has 0 unspecified atom stereocenters. The zero-order chi connectivity index (χ0) is 13.7. The zero-order valence-corrected chi connectivity index (χ0v) is 10.3. The Morgan fingerprint density at radius 3 is 2.79 bits per heavy atom. The van der Waals surface area contributed by atoms with Crippen molar-refractivity contribution in [2.75, 3.05) is 0 Å². The fourth-order valence-corrected chi connectivity index (χ4v) is 1.68. The molecule has 100 valence electrons. The molecule has 1 amide bonds. The van der Waals surface area contributed by atoms with Crippen LogP contribution in [0.15, 0.2) is 36.7 Å². The number of hydrogen-bond donors (Lipinski definition) is 4. The van der Waals surface area contributed by atoms with E-state index in [0.717, 1.165) is 5.56 Å². The monoisotopic (exact) mass is 260 g/mol. The predicted octanol–water partition coefficient (Wildman–Crippen LogP) is 0.301. The van der Waals surface area contributed by atoms with E-state index < -0.39 is 6.04 Å². The molecule has 1 aromatic carbocycles. The summed E-state index contributed by atoms with van der Waals surface area (Å²) in [7, 11) is 0. The van der Waals surface area contributed by atoms with Gasteiger partial charge in [0.05, 0.1) is 12.6 Å². The van der Waals surface area contributed by atoms with Crippen molar-refractivity contribution in [3.05, 3.63) is 48.0 Å². The highest BCUT2D eigenvalue weighted by Gasteiger charge is 2.14. The van der Waals surface area contributed by atoms with E-state index >= 15 is 0 Å². The van der Waals surface area contributed by atoms with Gasteiger partial charge in [-0.15, -0.1) is 0 Å². The Labute approximate surface area is 110 Å². The topological polar surface area (TPSA) is 104 Å². The van der Waals surface area contributed by atoms with Crippen molar-refractivity contribution in [2.45, 2.75) is 19.0 Å². The minimum atomic E-state index is -0.625. The van der Waals surface area contributed by atoms with Gasteiger partial charge in [0.2, 0.25) is 5.91 Å². The number of hydrogen-bond acceptors (Lipinski definition) is 4. The Kier molecular flexibility index (Phi) is 4.15. The van der Waals surface area contributed by atoms with Crippen LogP contribution in [0.1, 0.15) is 11.4 Å². The van der Waals surface area contributed by atoms with Crippen molar-refractivity contribution < 1.29 is 9.90 Å². The highest BCUT2D eigenvalue weighted by atomic mass is 16.3. The van der Waals surface area contributed by atoms with Gasteiger partial charge in [0.15, 0.2) is 0 Å². The maximum atomic E-state index is 11.8. The Bertz CT molecular complexity index is 522. The first-order chi connectivity index (χ1) is 9.15. The maximum absolute atomic E-state index is 11.8. The van der Waals surface area contributed by atoms with Crippen molar-refractivity contribution in [3.63, 3.8) is 0 Å². The molecule has 6 nitrogen and oxygen atoms in total.